The van der Waals surface area contributed by atoms with Crippen molar-refractivity contribution in [1.82, 2.24) is 5.32 Å². The molecule has 0 bridgehead atoms. The summed E-state index contributed by atoms with van der Waals surface area (Å²) < 4.78 is 0. The second-order valence-electron chi connectivity index (χ2n) is 3.17. The van der Waals surface area contributed by atoms with E-state index in [-0.39, 0.29) is 0 Å². The van der Waals surface area contributed by atoms with Crippen molar-refractivity contribution in [1.29, 1.82) is 0 Å². The number of rotatable bonds is 3. The van der Waals surface area contributed by atoms with Gasteiger partial charge in [-0.25, -0.2) is 0 Å². The molecule has 1 aromatic rings. The van der Waals surface area contributed by atoms with Crippen molar-refractivity contribution in [3.63, 3.8) is 0 Å². The van der Waals surface area contributed by atoms with Gasteiger partial charge in [-0.2, -0.15) is 0 Å². The number of hydrogen-bond donors (Lipinski definition) is 1. The Bertz CT molecular complexity index is 320. The van der Waals surface area contributed by atoms with Crippen LogP contribution in [-0.4, -0.2) is 6.54 Å². The Balaban J connectivity index is 2.67. The number of terminal acetylenes is 1. The van der Waals surface area contributed by atoms with Gasteiger partial charge in [-0.1, -0.05) is 24.1 Å². The van der Waals surface area contributed by atoms with Crippen LogP contribution < -0.4 is 5.32 Å². The lowest BCUT2D eigenvalue weighted by Gasteiger charge is -2.07. The fraction of sp³-hybridized carbons (Fsp3) is 0.333. The van der Waals surface area contributed by atoms with Gasteiger partial charge in [0.05, 0.1) is 6.54 Å². The molecule has 1 heteroatoms. The smallest absolute Gasteiger partial charge is 0.0576 e. The van der Waals surface area contributed by atoms with Crippen LogP contribution in [0.1, 0.15) is 16.7 Å². The van der Waals surface area contributed by atoms with E-state index < -0.39 is 0 Å². The molecule has 0 fully saturated rings. The summed E-state index contributed by atoms with van der Waals surface area (Å²) in [4.78, 5) is 0. The third-order valence-corrected chi connectivity index (χ3v) is 2.26. The third-order valence-electron chi connectivity index (χ3n) is 2.26. The highest BCUT2D eigenvalue weighted by Gasteiger charge is 1.98. The van der Waals surface area contributed by atoms with Crippen LogP contribution in [0.3, 0.4) is 0 Å². The fourth-order valence-electron chi connectivity index (χ4n) is 1.27. The van der Waals surface area contributed by atoms with E-state index in [0.29, 0.717) is 6.54 Å². The molecule has 0 aliphatic carbocycles. The molecule has 0 saturated heterocycles. The van der Waals surface area contributed by atoms with Gasteiger partial charge in [-0.3, -0.25) is 0 Å². The molecule has 1 rings (SSSR count). The van der Waals surface area contributed by atoms with Crippen LogP contribution in [0.4, 0.5) is 0 Å². The van der Waals surface area contributed by atoms with Crippen molar-refractivity contribution in [3.05, 3.63) is 34.9 Å². The van der Waals surface area contributed by atoms with Crippen molar-refractivity contribution in [2.45, 2.75) is 20.4 Å². The summed E-state index contributed by atoms with van der Waals surface area (Å²) in [6.45, 7) is 5.76. The van der Waals surface area contributed by atoms with Crippen LogP contribution >= 0.6 is 0 Å². The average molecular weight is 173 g/mol. The van der Waals surface area contributed by atoms with Crippen LogP contribution in [-0.2, 0) is 6.54 Å². The highest BCUT2D eigenvalue weighted by atomic mass is 14.8. The average Bonchev–Trinajstić information content (AvgIpc) is 2.13. The van der Waals surface area contributed by atoms with Gasteiger partial charge in [0.2, 0.25) is 0 Å². The third kappa shape index (κ3) is 2.61. The Labute approximate surface area is 80.2 Å². The molecular formula is C12H15N. The molecule has 0 radical (unpaired) electrons. The zero-order valence-corrected chi connectivity index (χ0v) is 8.22. The molecule has 0 aliphatic heterocycles. The summed E-state index contributed by atoms with van der Waals surface area (Å²) >= 11 is 0. The summed E-state index contributed by atoms with van der Waals surface area (Å²) in [5.41, 5.74) is 4.02. The lowest BCUT2D eigenvalue weighted by atomic mass is 10.0. The first-order chi connectivity index (χ1) is 6.25. The number of nitrogens with one attached hydrogen (secondary N) is 1. The molecule has 0 saturated carbocycles. The second kappa shape index (κ2) is 4.69. The van der Waals surface area contributed by atoms with Crippen LogP contribution in [0.25, 0.3) is 0 Å². The first kappa shape index (κ1) is 9.83. The van der Waals surface area contributed by atoms with Crippen molar-refractivity contribution in [3.8, 4) is 12.3 Å². The van der Waals surface area contributed by atoms with Gasteiger partial charge in [0, 0.05) is 6.54 Å². The van der Waals surface area contributed by atoms with Crippen LogP contribution in [0.2, 0.25) is 0 Å². The second-order valence-corrected chi connectivity index (χ2v) is 3.17. The van der Waals surface area contributed by atoms with Gasteiger partial charge in [-0.15, -0.1) is 6.42 Å². The summed E-state index contributed by atoms with van der Waals surface area (Å²) in [7, 11) is 0. The molecule has 0 heterocycles. The van der Waals surface area contributed by atoms with Crippen LogP contribution in [0.5, 0.6) is 0 Å². The molecule has 0 aliphatic rings. The van der Waals surface area contributed by atoms with Crippen LogP contribution in [0.15, 0.2) is 18.2 Å². The first-order valence-electron chi connectivity index (χ1n) is 4.45. The van der Waals surface area contributed by atoms with E-state index in [4.69, 9.17) is 6.42 Å². The Morgan fingerprint density at radius 1 is 1.38 bits per heavy atom. The Morgan fingerprint density at radius 2 is 2.15 bits per heavy atom. The van der Waals surface area contributed by atoms with Gasteiger partial charge < -0.3 is 5.32 Å². The maximum absolute atomic E-state index is 5.15. The van der Waals surface area contributed by atoms with Gasteiger partial charge in [0.1, 0.15) is 0 Å². The fourth-order valence-corrected chi connectivity index (χ4v) is 1.27. The van der Waals surface area contributed by atoms with E-state index in [1.807, 2.05) is 0 Å². The summed E-state index contributed by atoms with van der Waals surface area (Å²) in [6.07, 6.45) is 5.15. The topological polar surface area (TPSA) is 12.0 Å². The molecular weight excluding hydrogens is 158 g/mol. The maximum Gasteiger partial charge on any atom is 0.0576 e. The monoisotopic (exact) mass is 173 g/mol. The Hall–Kier alpha value is -1.26. The molecule has 0 spiro atoms. The molecule has 1 N–H and O–H groups in total. The Morgan fingerprint density at radius 3 is 2.85 bits per heavy atom. The summed E-state index contributed by atoms with van der Waals surface area (Å²) in [6, 6.07) is 6.33. The largest absolute Gasteiger partial charge is 0.302 e. The molecule has 0 atom stereocenters. The molecule has 0 unspecified atom stereocenters. The minimum Gasteiger partial charge on any atom is -0.302 e. The highest BCUT2D eigenvalue weighted by molar-refractivity contribution is 5.32. The molecule has 0 aromatic heterocycles. The van der Waals surface area contributed by atoms with Crippen molar-refractivity contribution < 1.29 is 0 Å². The zero-order chi connectivity index (χ0) is 9.68. The quantitative estimate of drug-likeness (QED) is 0.544. The van der Waals surface area contributed by atoms with Crippen molar-refractivity contribution in [2.24, 2.45) is 0 Å². The standard InChI is InChI=1S/C12H15N/c1-4-8-13-9-12-7-5-6-10(2)11(12)3/h1,5-7,13H,8-9H2,2-3H3. The van der Waals surface area contributed by atoms with Gasteiger partial charge in [-0.05, 0) is 30.5 Å². The van der Waals surface area contributed by atoms with E-state index in [0.717, 1.165) is 6.54 Å². The molecule has 68 valence electrons. The van der Waals surface area contributed by atoms with Gasteiger partial charge in [0.15, 0.2) is 0 Å². The number of benzene rings is 1. The lowest BCUT2D eigenvalue weighted by Crippen LogP contribution is -2.14. The Kier molecular flexibility index (Phi) is 3.54. The maximum atomic E-state index is 5.15. The normalized spacial score (nSPS) is 9.62. The van der Waals surface area contributed by atoms with E-state index in [2.05, 4.69) is 43.3 Å². The first-order valence-corrected chi connectivity index (χ1v) is 4.45. The molecule has 1 aromatic carbocycles. The summed E-state index contributed by atoms with van der Waals surface area (Å²) in [5.74, 6) is 2.56. The van der Waals surface area contributed by atoms with Crippen molar-refractivity contribution in [2.75, 3.05) is 6.54 Å². The van der Waals surface area contributed by atoms with E-state index in [9.17, 15) is 0 Å². The SMILES string of the molecule is C#CCNCc1cccc(C)c1C. The molecule has 13 heavy (non-hydrogen) atoms. The van der Waals surface area contributed by atoms with Gasteiger partial charge in [0.25, 0.3) is 0 Å². The minimum absolute atomic E-state index is 0.632. The van der Waals surface area contributed by atoms with E-state index >= 15 is 0 Å². The van der Waals surface area contributed by atoms with E-state index in [1.54, 1.807) is 0 Å². The van der Waals surface area contributed by atoms with Crippen LogP contribution in [0, 0.1) is 26.2 Å². The molecule has 0 amide bonds. The number of hydrogen-bond acceptors (Lipinski definition) is 1. The molecule has 1 nitrogen and oxygen atoms in total. The highest BCUT2D eigenvalue weighted by Crippen LogP contribution is 2.11. The lowest BCUT2D eigenvalue weighted by molar-refractivity contribution is 0.765. The number of aryl methyl sites for hydroxylation is 1. The van der Waals surface area contributed by atoms with Gasteiger partial charge >= 0.3 is 0 Å². The predicted molar refractivity (Wildman–Crippen MR) is 56.5 cm³/mol. The summed E-state index contributed by atoms with van der Waals surface area (Å²) in [5, 5.41) is 3.18. The minimum atomic E-state index is 0.632. The van der Waals surface area contributed by atoms with Crippen molar-refractivity contribution >= 4 is 0 Å². The van der Waals surface area contributed by atoms with E-state index in [1.165, 1.54) is 16.7 Å². The predicted octanol–water partition coefficient (Wildman–Crippen LogP) is 2.03. The zero-order valence-electron chi connectivity index (χ0n) is 8.22.